The van der Waals surface area contributed by atoms with Crippen LogP contribution in [0.4, 0.5) is 5.13 Å². The Morgan fingerprint density at radius 2 is 2.32 bits per heavy atom. The topological polar surface area (TPSA) is 88.7 Å². The first-order chi connectivity index (χ1) is 10.6. The van der Waals surface area contributed by atoms with Gasteiger partial charge in [0.05, 0.1) is 17.4 Å². The number of amides is 1. The summed E-state index contributed by atoms with van der Waals surface area (Å²) in [6.07, 6.45) is 3.87. The van der Waals surface area contributed by atoms with E-state index in [0.29, 0.717) is 31.1 Å². The van der Waals surface area contributed by atoms with Gasteiger partial charge in [0, 0.05) is 31.5 Å². The third-order valence-corrected chi connectivity index (χ3v) is 5.47. The van der Waals surface area contributed by atoms with E-state index in [1.165, 1.54) is 11.3 Å². The molecular formula is C15H23N3O3S. The summed E-state index contributed by atoms with van der Waals surface area (Å²) in [5, 5.41) is 12.7. The second-order valence-corrected chi connectivity index (χ2v) is 7.02. The number of nitrogens with zero attached hydrogens (tertiary/aromatic N) is 2. The van der Waals surface area contributed by atoms with Crippen LogP contribution in [0, 0.1) is 0 Å². The maximum absolute atomic E-state index is 12.3. The molecule has 0 aromatic carbocycles. The van der Waals surface area contributed by atoms with E-state index in [1.807, 2.05) is 10.3 Å². The largest absolute Gasteiger partial charge is 0.390 e. The lowest BCUT2D eigenvalue weighted by molar-refractivity contribution is -0.179. The minimum absolute atomic E-state index is 0.145. The number of aromatic nitrogens is 1. The van der Waals surface area contributed by atoms with Crippen LogP contribution in [-0.4, -0.2) is 52.3 Å². The number of hydrogen-bond acceptors (Lipinski definition) is 6. The van der Waals surface area contributed by atoms with Crippen molar-refractivity contribution < 1.29 is 14.6 Å². The van der Waals surface area contributed by atoms with Crippen LogP contribution in [0.3, 0.4) is 0 Å². The molecule has 7 heteroatoms. The van der Waals surface area contributed by atoms with Gasteiger partial charge in [-0.1, -0.05) is 0 Å². The predicted molar refractivity (Wildman–Crippen MR) is 84.6 cm³/mol. The minimum atomic E-state index is -0.418. The molecule has 2 aliphatic heterocycles. The van der Waals surface area contributed by atoms with E-state index in [9.17, 15) is 9.90 Å². The van der Waals surface area contributed by atoms with Crippen LogP contribution in [-0.2, 0) is 16.0 Å². The van der Waals surface area contributed by atoms with Gasteiger partial charge in [-0.3, -0.25) is 4.79 Å². The lowest BCUT2D eigenvalue weighted by atomic mass is 9.82. The SMILES string of the molecule is Nc1nc(CCC(=O)N2CCC3(CC2)OCCC[C@H]3O)cs1. The molecule has 1 spiro atoms. The van der Waals surface area contributed by atoms with Gasteiger partial charge in [-0.05, 0) is 32.1 Å². The number of likely N-dealkylation sites (tertiary alicyclic amines) is 1. The number of hydrogen-bond donors (Lipinski definition) is 2. The summed E-state index contributed by atoms with van der Waals surface area (Å²) < 4.78 is 5.87. The number of aliphatic hydroxyl groups excluding tert-OH is 1. The number of rotatable bonds is 3. The van der Waals surface area contributed by atoms with Gasteiger partial charge >= 0.3 is 0 Å². The predicted octanol–water partition coefficient (Wildman–Crippen LogP) is 1.19. The number of thiazole rings is 1. The standard InChI is InChI=1S/C15H23N3O3S/c16-14-17-11(10-22-14)3-4-13(20)18-7-5-15(6-8-18)12(19)2-1-9-21-15/h10,12,19H,1-9H2,(H2,16,17)/t12-/m1/s1. The molecule has 1 atom stereocenters. The van der Waals surface area contributed by atoms with Crippen molar-refractivity contribution in [3.63, 3.8) is 0 Å². The van der Waals surface area contributed by atoms with E-state index in [2.05, 4.69) is 4.98 Å². The van der Waals surface area contributed by atoms with E-state index in [1.54, 1.807) is 0 Å². The van der Waals surface area contributed by atoms with Crippen LogP contribution >= 0.6 is 11.3 Å². The third kappa shape index (κ3) is 3.26. The fraction of sp³-hybridized carbons (Fsp3) is 0.733. The van der Waals surface area contributed by atoms with Crippen LogP contribution in [0.1, 0.15) is 37.8 Å². The summed E-state index contributed by atoms with van der Waals surface area (Å²) >= 11 is 1.40. The Hall–Kier alpha value is -1.18. The molecule has 0 saturated carbocycles. The molecule has 2 fully saturated rings. The van der Waals surface area contributed by atoms with E-state index >= 15 is 0 Å². The molecule has 22 heavy (non-hydrogen) atoms. The van der Waals surface area contributed by atoms with E-state index in [0.717, 1.165) is 38.0 Å². The minimum Gasteiger partial charge on any atom is -0.390 e. The highest BCUT2D eigenvalue weighted by atomic mass is 32.1. The van der Waals surface area contributed by atoms with E-state index < -0.39 is 11.7 Å². The molecule has 2 saturated heterocycles. The Bertz CT molecular complexity index is 526. The van der Waals surface area contributed by atoms with Gasteiger partial charge in [-0.15, -0.1) is 11.3 Å². The highest BCUT2D eigenvalue weighted by Gasteiger charge is 2.44. The molecule has 2 aliphatic rings. The quantitative estimate of drug-likeness (QED) is 0.871. The second kappa shape index (κ2) is 6.52. The number of nitrogens with two attached hydrogens (primary N) is 1. The summed E-state index contributed by atoms with van der Waals surface area (Å²) in [6, 6.07) is 0. The molecule has 0 bridgehead atoms. The summed E-state index contributed by atoms with van der Waals surface area (Å²) in [5.41, 5.74) is 6.06. The van der Waals surface area contributed by atoms with Gasteiger partial charge in [0.15, 0.2) is 5.13 Å². The third-order valence-electron chi connectivity index (χ3n) is 4.75. The average Bonchev–Trinajstić information content (AvgIpc) is 2.94. The Labute approximate surface area is 134 Å². The van der Waals surface area contributed by atoms with Crippen LogP contribution in [0.2, 0.25) is 0 Å². The average molecular weight is 325 g/mol. The van der Waals surface area contributed by atoms with Crippen LogP contribution in [0.5, 0.6) is 0 Å². The molecule has 6 nitrogen and oxygen atoms in total. The Balaban J connectivity index is 1.49. The molecule has 3 rings (SSSR count). The molecule has 1 aromatic heterocycles. The second-order valence-electron chi connectivity index (χ2n) is 6.13. The highest BCUT2D eigenvalue weighted by molar-refractivity contribution is 7.13. The molecule has 1 amide bonds. The Morgan fingerprint density at radius 1 is 1.55 bits per heavy atom. The van der Waals surface area contributed by atoms with Crippen molar-refractivity contribution in [3.8, 4) is 0 Å². The van der Waals surface area contributed by atoms with E-state index in [-0.39, 0.29) is 5.91 Å². The molecule has 3 heterocycles. The monoisotopic (exact) mass is 325 g/mol. The highest BCUT2D eigenvalue weighted by Crippen LogP contribution is 2.35. The number of piperidine rings is 1. The number of nitrogen functional groups attached to an aromatic ring is 1. The van der Waals surface area contributed by atoms with Crippen molar-refractivity contribution in [2.75, 3.05) is 25.4 Å². The molecule has 0 unspecified atom stereocenters. The summed E-state index contributed by atoms with van der Waals surface area (Å²) in [6.45, 7) is 2.04. The van der Waals surface area contributed by atoms with Crippen molar-refractivity contribution in [2.24, 2.45) is 0 Å². The van der Waals surface area contributed by atoms with Gasteiger partial charge in [0.25, 0.3) is 0 Å². The molecule has 0 aliphatic carbocycles. The van der Waals surface area contributed by atoms with Crippen molar-refractivity contribution in [1.29, 1.82) is 0 Å². The summed E-state index contributed by atoms with van der Waals surface area (Å²) in [4.78, 5) is 18.4. The van der Waals surface area contributed by atoms with E-state index in [4.69, 9.17) is 10.5 Å². The summed E-state index contributed by atoms with van der Waals surface area (Å²) in [5.74, 6) is 0.145. The Kier molecular flexibility index (Phi) is 4.65. The first kappa shape index (κ1) is 15.7. The van der Waals surface area contributed by atoms with Gasteiger partial charge in [-0.2, -0.15) is 0 Å². The van der Waals surface area contributed by atoms with Crippen molar-refractivity contribution in [3.05, 3.63) is 11.1 Å². The molecule has 122 valence electrons. The zero-order chi connectivity index (χ0) is 15.6. The van der Waals surface area contributed by atoms with Gasteiger partial charge in [-0.25, -0.2) is 4.98 Å². The van der Waals surface area contributed by atoms with Crippen molar-refractivity contribution in [1.82, 2.24) is 9.88 Å². The van der Waals surface area contributed by atoms with Gasteiger partial charge < -0.3 is 20.5 Å². The first-order valence-electron chi connectivity index (χ1n) is 7.89. The van der Waals surface area contributed by atoms with Crippen LogP contribution in [0.25, 0.3) is 0 Å². The number of ether oxygens (including phenoxy) is 1. The summed E-state index contributed by atoms with van der Waals surface area (Å²) in [7, 11) is 0. The molecule has 3 N–H and O–H groups in total. The number of anilines is 1. The number of carbonyl (C=O) groups excluding carboxylic acids is 1. The molecular weight excluding hydrogens is 302 g/mol. The molecule has 1 aromatic rings. The maximum atomic E-state index is 12.3. The lowest BCUT2D eigenvalue weighted by Gasteiger charge is -2.46. The van der Waals surface area contributed by atoms with Gasteiger partial charge in [0.2, 0.25) is 5.91 Å². The fourth-order valence-corrected chi connectivity index (χ4v) is 3.95. The van der Waals surface area contributed by atoms with Crippen LogP contribution < -0.4 is 5.73 Å². The van der Waals surface area contributed by atoms with Crippen molar-refractivity contribution in [2.45, 2.75) is 50.2 Å². The zero-order valence-corrected chi connectivity index (χ0v) is 13.5. The number of aliphatic hydroxyl groups is 1. The molecule has 0 radical (unpaired) electrons. The van der Waals surface area contributed by atoms with Crippen LogP contribution in [0.15, 0.2) is 5.38 Å². The number of aryl methyl sites for hydroxylation is 1. The fourth-order valence-electron chi connectivity index (χ4n) is 3.35. The normalized spacial score (nSPS) is 24.6. The zero-order valence-electron chi connectivity index (χ0n) is 12.7. The number of carbonyl (C=O) groups is 1. The maximum Gasteiger partial charge on any atom is 0.222 e. The first-order valence-corrected chi connectivity index (χ1v) is 8.77. The van der Waals surface area contributed by atoms with Gasteiger partial charge in [0.1, 0.15) is 0 Å². The lowest BCUT2D eigenvalue weighted by Crippen LogP contribution is -2.56. The Morgan fingerprint density at radius 3 is 2.95 bits per heavy atom. The van der Waals surface area contributed by atoms with Crippen molar-refractivity contribution >= 4 is 22.4 Å². The smallest absolute Gasteiger partial charge is 0.222 e.